The Hall–Kier alpha value is -3.32. The topological polar surface area (TPSA) is 94.3 Å². The molecule has 3 amide bonds. The number of likely N-dealkylation sites (tertiary alicyclic amines) is 1. The predicted molar refractivity (Wildman–Crippen MR) is 121 cm³/mol. The number of aromatic nitrogens is 1. The van der Waals surface area contributed by atoms with E-state index in [0.717, 1.165) is 16.5 Å². The van der Waals surface area contributed by atoms with Gasteiger partial charge in [0, 0.05) is 59.9 Å². The molecule has 0 unspecified atom stereocenters. The second kappa shape index (κ2) is 8.81. The van der Waals surface area contributed by atoms with E-state index in [1.165, 1.54) is 6.92 Å². The van der Waals surface area contributed by atoms with E-state index >= 15 is 0 Å². The molecular formula is C23H23ClN4O3. The van der Waals surface area contributed by atoms with Crippen molar-refractivity contribution in [2.45, 2.75) is 19.8 Å². The molecule has 1 fully saturated rings. The summed E-state index contributed by atoms with van der Waals surface area (Å²) in [5, 5.41) is 7.25. The third-order valence-electron chi connectivity index (χ3n) is 5.42. The van der Waals surface area contributed by atoms with Gasteiger partial charge in [0.2, 0.25) is 17.7 Å². The SMILES string of the molecule is CC(=O)Nc1cccc(NC(=O)[C@@H]2CC(=O)N(CCc3c[nH]c4ccc(Cl)cc34)C2)c1. The number of aromatic amines is 1. The molecule has 1 aliphatic heterocycles. The summed E-state index contributed by atoms with van der Waals surface area (Å²) in [4.78, 5) is 41.3. The maximum Gasteiger partial charge on any atom is 0.229 e. The van der Waals surface area contributed by atoms with Gasteiger partial charge in [0.15, 0.2) is 0 Å². The summed E-state index contributed by atoms with van der Waals surface area (Å²) >= 11 is 6.11. The molecule has 3 aromatic rings. The number of halogens is 1. The lowest BCUT2D eigenvalue weighted by Crippen LogP contribution is -2.30. The van der Waals surface area contributed by atoms with Gasteiger partial charge in [-0.1, -0.05) is 17.7 Å². The largest absolute Gasteiger partial charge is 0.361 e. The Kier molecular flexibility index (Phi) is 5.95. The number of nitrogens with one attached hydrogen (secondary N) is 3. The van der Waals surface area contributed by atoms with E-state index in [0.29, 0.717) is 35.9 Å². The second-order valence-corrected chi connectivity index (χ2v) is 8.18. The highest BCUT2D eigenvalue weighted by molar-refractivity contribution is 6.31. The van der Waals surface area contributed by atoms with Crippen LogP contribution in [0.3, 0.4) is 0 Å². The van der Waals surface area contributed by atoms with Gasteiger partial charge in [-0.3, -0.25) is 14.4 Å². The lowest BCUT2D eigenvalue weighted by molar-refractivity contribution is -0.128. The van der Waals surface area contributed by atoms with E-state index in [2.05, 4.69) is 15.6 Å². The Labute approximate surface area is 184 Å². The number of hydrogen-bond donors (Lipinski definition) is 3. The molecule has 0 bridgehead atoms. The Morgan fingerprint density at radius 1 is 1.16 bits per heavy atom. The molecule has 1 saturated heterocycles. The van der Waals surface area contributed by atoms with Crippen molar-refractivity contribution < 1.29 is 14.4 Å². The van der Waals surface area contributed by atoms with Gasteiger partial charge in [-0.2, -0.15) is 0 Å². The summed E-state index contributed by atoms with van der Waals surface area (Å²) in [6, 6.07) is 12.6. The summed E-state index contributed by atoms with van der Waals surface area (Å²) < 4.78 is 0. The average molecular weight is 439 g/mol. The van der Waals surface area contributed by atoms with Crippen LogP contribution < -0.4 is 10.6 Å². The molecule has 2 heterocycles. The van der Waals surface area contributed by atoms with E-state index in [-0.39, 0.29) is 24.1 Å². The van der Waals surface area contributed by atoms with Gasteiger partial charge in [-0.05, 0) is 48.4 Å². The molecule has 4 rings (SSSR count). The zero-order valence-electron chi connectivity index (χ0n) is 17.1. The number of hydrogen-bond acceptors (Lipinski definition) is 3. The van der Waals surface area contributed by atoms with Crippen LogP contribution in [-0.4, -0.2) is 40.7 Å². The lowest BCUT2D eigenvalue weighted by atomic mass is 10.1. The van der Waals surface area contributed by atoms with Crippen molar-refractivity contribution in [2.75, 3.05) is 23.7 Å². The highest BCUT2D eigenvalue weighted by atomic mass is 35.5. The molecule has 3 N–H and O–H groups in total. The van der Waals surface area contributed by atoms with Crippen LogP contribution in [0.1, 0.15) is 18.9 Å². The maximum absolute atomic E-state index is 12.7. The Balaban J connectivity index is 1.36. The third-order valence-corrected chi connectivity index (χ3v) is 5.65. The van der Waals surface area contributed by atoms with Crippen molar-refractivity contribution in [3.63, 3.8) is 0 Å². The number of carbonyl (C=O) groups excluding carboxylic acids is 3. The second-order valence-electron chi connectivity index (χ2n) is 7.75. The molecule has 0 saturated carbocycles. The van der Waals surface area contributed by atoms with Crippen molar-refractivity contribution in [3.05, 3.63) is 59.2 Å². The Morgan fingerprint density at radius 2 is 1.94 bits per heavy atom. The van der Waals surface area contributed by atoms with E-state index in [4.69, 9.17) is 11.6 Å². The van der Waals surface area contributed by atoms with Crippen LogP contribution in [0, 0.1) is 5.92 Å². The predicted octanol–water partition coefficient (Wildman–Crippen LogP) is 3.81. The third kappa shape index (κ3) is 4.88. The summed E-state index contributed by atoms with van der Waals surface area (Å²) in [6.07, 6.45) is 2.81. The normalized spacial score (nSPS) is 16.0. The highest BCUT2D eigenvalue weighted by Gasteiger charge is 2.34. The number of amides is 3. The molecule has 31 heavy (non-hydrogen) atoms. The molecule has 2 aromatic carbocycles. The summed E-state index contributed by atoms with van der Waals surface area (Å²) in [5.74, 6) is -0.813. The van der Waals surface area contributed by atoms with Crippen LogP contribution >= 0.6 is 11.6 Å². The minimum absolute atomic E-state index is 0.0231. The lowest BCUT2D eigenvalue weighted by Gasteiger charge is -2.16. The van der Waals surface area contributed by atoms with E-state index in [9.17, 15) is 14.4 Å². The minimum atomic E-state index is -0.408. The number of H-pyrrole nitrogens is 1. The van der Waals surface area contributed by atoms with Crippen molar-refractivity contribution in [3.8, 4) is 0 Å². The van der Waals surface area contributed by atoms with Gasteiger partial charge < -0.3 is 20.5 Å². The molecule has 0 aliphatic carbocycles. The van der Waals surface area contributed by atoms with E-state index < -0.39 is 5.92 Å². The van der Waals surface area contributed by atoms with Gasteiger partial charge in [0.05, 0.1) is 5.92 Å². The zero-order valence-corrected chi connectivity index (χ0v) is 17.8. The van der Waals surface area contributed by atoms with Gasteiger partial charge >= 0.3 is 0 Å². The van der Waals surface area contributed by atoms with E-state index in [1.807, 2.05) is 24.4 Å². The van der Waals surface area contributed by atoms with Crippen molar-refractivity contribution in [1.29, 1.82) is 0 Å². The monoisotopic (exact) mass is 438 g/mol. The van der Waals surface area contributed by atoms with Crippen molar-refractivity contribution in [2.24, 2.45) is 5.92 Å². The number of fused-ring (bicyclic) bond motifs is 1. The number of nitrogens with zero attached hydrogens (tertiary/aromatic N) is 1. The molecule has 1 aromatic heterocycles. The first-order valence-corrected chi connectivity index (χ1v) is 10.5. The van der Waals surface area contributed by atoms with Crippen LogP contribution in [0.15, 0.2) is 48.7 Å². The number of anilines is 2. The smallest absolute Gasteiger partial charge is 0.229 e. The molecule has 1 atom stereocenters. The highest BCUT2D eigenvalue weighted by Crippen LogP contribution is 2.25. The molecule has 7 nitrogen and oxygen atoms in total. The van der Waals surface area contributed by atoms with Crippen LogP contribution in [0.2, 0.25) is 5.02 Å². The first-order chi connectivity index (χ1) is 14.9. The average Bonchev–Trinajstić information content (AvgIpc) is 3.29. The first kappa shape index (κ1) is 20.9. The fourth-order valence-corrected chi connectivity index (χ4v) is 4.07. The van der Waals surface area contributed by atoms with E-state index in [1.54, 1.807) is 29.2 Å². The van der Waals surface area contributed by atoms with Crippen molar-refractivity contribution >= 4 is 51.6 Å². The van der Waals surface area contributed by atoms with Crippen LogP contribution in [0.5, 0.6) is 0 Å². The van der Waals surface area contributed by atoms with Crippen molar-refractivity contribution in [1.82, 2.24) is 9.88 Å². The van der Waals surface area contributed by atoms with Gasteiger partial charge in [-0.15, -0.1) is 0 Å². The number of rotatable bonds is 6. The minimum Gasteiger partial charge on any atom is -0.361 e. The zero-order chi connectivity index (χ0) is 22.0. The molecule has 1 aliphatic rings. The fraction of sp³-hybridized carbons (Fsp3) is 0.261. The van der Waals surface area contributed by atoms with Gasteiger partial charge in [0.25, 0.3) is 0 Å². The first-order valence-electron chi connectivity index (χ1n) is 10.1. The number of carbonyl (C=O) groups is 3. The quantitative estimate of drug-likeness (QED) is 0.546. The Morgan fingerprint density at radius 3 is 2.71 bits per heavy atom. The summed E-state index contributed by atoms with van der Waals surface area (Å²) in [6.45, 7) is 2.36. The fourth-order valence-electron chi connectivity index (χ4n) is 3.90. The van der Waals surface area contributed by atoms with Gasteiger partial charge in [0.1, 0.15) is 0 Å². The number of benzene rings is 2. The molecule has 0 spiro atoms. The Bertz CT molecular complexity index is 1160. The molecule has 8 heteroatoms. The summed E-state index contributed by atoms with van der Waals surface area (Å²) in [7, 11) is 0. The molecule has 160 valence electrons. The van der Waals surface area contributed by atoms with Crippen LogP contribution in [0.4, 0.5) is 11.4 Å². The summed E-state index contributed by atoms with van der Waals surface area (Å²) in [5.41, 5.74) is 3.28. The standard InChI is InChI=1S/C23H23ClN4O3/c1-14(29)26-18-3-2-4-19(11-18)27-23(31)16-9-22(30)28(13-16)8-7-15-12-25-21-6-5-17(24)10-20(15)21/h2-6,10-12,16,25H,7-9,13H2,1H3,(H,26,29)(H,27,31)/t16-/m1/s1. The van der Waals surface area contributed by atoms with Crippen LogP contribution in [-0.2, 0) is 20.8 Å². The molecule has 0 radical (unpaired) electrons. The van der Waals surface area contributed by atoms with Gasteiger partial charge in [-0.25, -0.2) is 0 Å². The molecular weight excluding hydrogens is 416 g/mol. The maximum atomic E-state index is 12.7. The van der Waals surface area contributed by atoms with Crippen LogP contribution in [0.25, 0.3) is 10.9 Å².